The number of amides is 1. The van der Waals surface area contributed by atoms with Crippen LogP contribution in [-0.2, 0) is 25.5 Å². The predicted octanol–water partition coefficient (Wildman–Crippen LogP) is 1.10. The third-order valence-corrected chi connectivity index (χ3v) is 4.39. The number of Topliss-reactive ketones (excluding diaryl/α,β-unsaturated/α-hetero) is 1. The number of hydrogen-bond donors (Lipinski definition) is 2. The van der Waals surface area contributed by atoms with Crippen molar-refractivity contribution in [1.29, 1.82) is 0 Å². The molecule has 2 heterocycles. The molecule has 172 valence electrons. The Kier molecular flexibility index (Phi) is 6.84. The lowest BCUT2D eigenvalue weighted by Gasteiger charge is -2.34. The van der Waals surface area contributed by atoms with E-state index in [1.807, 2.05) is 0 Å². The van der Waals surface area contributed by atoms with Gasteiger partial charge in [-0.15, -0.1) is 0 Å². The summed E-state index contributed by atoms with van der Waals surface area (Å²) in [4.78, 5) is 56.7. The average Bonchev–Trinajstić information content (AvgIpc) is 2.61. The first-order valence-corrected chi connectivity index (χ1v) is 9.90. The molecule has 1 amide bonds. The van der Waals surface area contributed by atoms with E-state index in [1.54, 1.807) is 41.5 Å². The molecule has 1 aliphatic heterocycles. The normalized spacial score (nSPS) is 18.0. The van der Waals surface area contributed by atoms with Crippen LogP contribution in [0, 0.1) is 5.92 Å². The maximum Gasteiger partial charge on any atom is 0.342 e. The van der Waals surface area contributed by atoms with E-state index >= 15 is 0 Å². The van der Waals surface area contributed by atoms with Crippen LogP contribution >= 0.6 is 0 Å². The van der Waals surface area contributed by atoms with Gasteiger partial charge in [0.2, 0.25) is 5.91 Å². The SMILES string of the molecule is CC(C)(C)OC(=O)c1cnc(N)c(C(=O)OC(C)(C)C)c1C[C@H]1C(=O)N[C@@H]1C(=O)C=[N+]=[N-]. The lowest BCUT2D eigenvalue weighted by atomic mass is 9.80. The van der Waals surface area contributed by atoms with E-state index in [1.165, 1.54) is 0 Å². The second-order valence-electron chi connectivity index (χ2n) is 9.36. The number of pyridine rings is 1. The molecule has 11 nitrogen and oxygen atoms in total. The number of esters is 2. The molecule has 1 fully saturated rings. The van der Waals surface area contributed by atoms with Crippen LogP contribution in [0.3, 0.4) is 0 Å². The molecule has 2 rings (SSSR count). The molecule has 3 N–H and O–H groups in total. The van der Waals surface area contributed by atoms with Crippen molar-refractivity contribution in [1.82, 2.24) is 10.3 Å². The van der Waals surface area contributed by atoms with Crippen molar-refractivity contribution in [3.05, 3.63) is 28.4 Å². The third kappa shape index (κ3) is 5.76. The van der Waals surface area contributed by atoms with Gasteiger partial charge in [-0.05, 0) is 53.5 Å². The fourth-order valence-electron chi connectivity index (χ4n) is 3.10. The third-order valence-electron chi connectivity index (χ3n) is 4.39. The van der Waals surface area contributed by atoms with Crippen LogP contribution < -0.4 is 11.1 Å². The molecular formula is C21H27N5O6. The highest BCUT2D eigenvalue weighted by molar-refractivity contribution is 6.30. The fourth-order valence-corrected chi connectivity index (χ4v) is 3.10. The Bertz CT molecular complexity index is 1010. The van der Waals surface area contributed by atoms with E-state index in [9.17, 15) is 19.2 Å². The Hall–Kier alpha value is -3.59. The summed E-state index contributed by atoms with van der Waals surface area (Å²) < 4.78 is 10.8. The van der Waals surface area contributed by atoms with Gasteiger partial charge in [0, 0.05) is 6.20 Å². The van der Waals surface area contributed by atoms with Crippen molar-refractivity contribution >= 4 is 35.7 Å². The number of rotatable bonds is 6. The van der Waals surface area contributed by atoms with Crippen LogP contribution in [0.1, 0.15) is 67.8 Å². The predicted molar refractivity (Wildman–Crippen MR) is 113 cm³/mol. The highest BCUT2D eigenvalue weighted by Gasteiger charge is 2.46. The molecule has 1 aromatic heterocycles. The number of hydrogen-bond acceptors (Lipinski definition) is 8. The number of anilines is 1. The van der Waals surface area contributed by atoms with Crippen LogP contribution in [0.2, 0.25) is 0 Å². The summed E-state index contributed by atoms with van der Waals surface area (Å²) >= 11 is 0. The molecule has 0 saturated carbocycles. The van der Waals surface area contributed by atoms with Crippen molar-refractivity contribution in [3.8, 4) is 0 Å². The minimum absolute atomic E-state index is 0.0725. The first-order valence-electron chi connectivity index (χ1n) is 9.90. The van der Waals surface area contributed by atoms with Gasteiger partial charge in [0.1, 0.15) is 28.6 Å². The summed E-state index contributed by atoms with van der Waals surface area (Å²) in [6.45, 7) is 10.0. The van der Waals surface area contributed by atoms with Crippen LogP contribution in [0.5, 0.6) is 0 Å². The first-order chi connectivity index (χ1) is 14.6. The molecule has 1 aliphatic rings. The number of β-lactam (4-membered cyclic amide) rings is 1. The molecule has 0 spiro atoms. The Morgan fingerprint density at radius 1 is 1.16 bits per heavy atom. The minimum Gasteiger partial charge on any atom is -0.456 e. The van der Waals surface area contributed by atoms with Gasteiger partial charge in [0.05, 0.1) is 11.5 Å². The zero-order valence-electron chi connectivity index (χ0n) is 18.9. The summed E-state index contributed by atoms with van der Waals surface area (Å²) in [6, 6.07) is -0.995. The van der Waals surface area contributed by atoms with Gasteiger partial charge in [0.15, 0.2) is 0 Å². The van der Waals surface area contributed by atoms with E-state index in [0.717, 1.165) is 6.20 Å². The Morgan fingerprint density at radius 2 is 1.72 bits per heavy atom. The van der Waals surface area contributed by atoms with Gasteiger partial charge in [-0.2, -0.15) is 4.79 Å². The summed E-state index contributed by atoms with van der Waals surface area (Å²) in [7, 11) is 0. The molecular weight excluding hydrogens is 418 g/mol. The number of nitrogens with one attached hydrogen (secondary N) is 1. The standard InChI is InChI=1S/C21H27N5O6/c1-20(2,3)31-18(29)12-8-24-16(22)14(19(30)32-21(4,5)6)10(12)7-11-15(26-17(11)28)13(27)9-25-23/h8-9,11,15H,7H2,1-6H3,(H2,22,24)(H,26,28)/t11-,15+/m1/s1. The molecule has 0 unspecified atom stereocenters. The van der Waals surface area contributed by atoms with Crippen LogP contribution in [0.25, 0.3) is 5.53 Å². The maximum atomic E-state index is 12.9. The molecule has 1 aromatic rings. The van der Waals surface area contributed by atoms with Crippen LogP contribution in [-0.4, -0.2) is 56.9 Å². The zero-order valence-corrected chi connectivity index (χ0v) is 18.9. The van der Waals surface area contributed by atoms with Crippen molar-refractivity contribution in [2.75, 3.05) is 5.73 Å². The largest absolute Gasteiger partial charge is 0.456 e. The summed E-state index contributed by atoms with van der Waals surface area (Å²) in [6.07, 6.45) is 1.63. The molecule has 0 aliphatic carbocycles. The second kappa shape index (κ2) is 8.88. The van der Waals surface area contributed by atoms with Crippen molar-refractivity contribution in [2.24, 2.45) is 5.92 Å². The van der Waals surface area contributed by atoms with Crippen LogP contribution in [0.4, 0.5) is 5.82 Å². The Balaban J connectivity index is 2.59. The Labute approximate surface area is 185 Å². The highest BCUT2D eigenvalue weighted by Crippen LogP contribution is 2.30. The first kappa shape index (κ1) is 24.7. The number of carbonyl (C=O) groups is 4. The molecule has 0 radical (unpaired) electrons. The number of ketones is 1. The van der Waals surface area contributed by atoms with Gasteiger partial charge in [-0.25, -0.2) is 14.6 Å². The highest BCUT2D eigenvalue weighted by atomic mass is 16.6. The van der Waals surface area contributed by atoms with E-state index in [2.05, 4.69) is 15.1 Å². The summed E-state index contributed by atoms with van der Waals surface area (Å²) in [5, 5.41) is 2.42. The molecule has 0 aromatic carbocycles. The van der Waals surface area contributed by atoms with Gasteiger partial charge >= 0.3 is 18.2 Å². The minimum atomic E-state index is -0.995. The molecule has 0 bridgehead atoms. The lowest BCUT2D eigenvalue weighted by molar-refractivity contribution is -0.141. The number of aromatic nitrogens is 1. The van der Waals surface area contributed by atoms with E-state index in [0.29, 0.717) is 6.21 Å². The average molecular weight is 445 g/mol. The van der Waals surface area contributed by atoms with Gasteiger partial charge in [-0.3, -0.25) is 9.59 Å². The second-order valence-corrected chi connectivity index (χ2v) is 9.36. The van der Waals surface area contributed by atoms with E-state index < -0.39 is 46.8 Å². The fraction of sp³-hybridized carbons (Fsp3) is 0.524. The monoisotopic (exact) mass is 445 g/mol. The van der Waals surface area contributed by atoms with E-state index in [-0.39, 0.29) is 28.9 Å². The quantitative estimate of drug-likeness (QED) is 0.215. The van der Waals surface area contributed by atoms with Crippen LogP contribution in [0.15, 0.2) is 6.20 Å². The van der Waals surface area contributed by atoms with Crippen molar-refractivity contribution in [3.63, 3.8) is 0 Å². The number of ether oxygens (including phenoxy) is 2. The summed E-state index contributed by atoms with van der Waals surface area (Å²) in [5.74, 6) is -3.86. The topological polar surface area (TPSA) is 174 Å². The lowest BCUT2D eigenvalue weighted by Crippen LogP contribution is -2.63. The van der Waals surface area contributed by atoms with Crippen molar-refractivity contribution < 1.29 is 33.4 Å². The van der Waals surface area contributed by atoms with Gasteiger partial charge in [0.25, 0.3) is 5.78 Å². The Morgan fingerprint density at radius 3 is 2.22 bits per heavy atom. The molecule has 2 atom stereocenters. The zero-order chi connectivity index (χ0) is 24.4. The molecule has 1 saturated heterocycles. The smallest absolute Gasteiger partial charge is 0.342 e. The van der Waals surface area contributed by atoms with Gasteiger partial charge < -0.3 is 26.1 Å². The number of nitrogen functional groups attached to an aromatic ring is 1. The number of nitrogens with zero attached hydrogens (tertiary/aromatic N) is 3. The molecule has 32 heavy (non-hydrogen) atoms. The number of carbonyl (C=O) groups excluding carboxylic acids is 4. The van der Waals surface area contributed by atoms with E-state index in [4.69, 9.17) is 20.7 Å². The van der Waals surface area contributed by atoms with Gasteiger partial charge in [-0.1, -0.05) is 0 Å². The number of nitrogens with two attached hydrogens (primary N) is 1. The summed E-state index contributed by atoms with van der Waals surface area (Å²) in [5.41, 5.74) is 12.7. The van der Waals surface area contributed by atoms with Crippen molar-refractivity contribution in [2.45, 2.75) is 65.2 Å². The molecule has 11 heteroatoms. The maximum absolute atomic E-state index is 12.9.